The van der Waals surface area contributed by atoms with Gasteiger partial charge in [-0.05, 0) is 18.9 Å². The number of rotatable bonds is 5. The highest BCUT2D eigenvalue weighted by Gasteiger charge is 2.28. The van der Waals surface area contributed by atoms with Gasteiger partial charge < -0.3 is 19.4 Å². The van der Waals surface area contributed by atoms with Gasteiger partial charge in [0.05, 0.1) is 19.1 Å². The first-order chi connectivity index (χ1) is 14.7. The number of anilines is 2. The summed E-state index contributed by atoms with van der Waals surface area (Å²) in [5.74, 6) is 1.90. The van der Waals surface area contributed by atoms with Gasteiger partial charge in [0.1, 0.15) is 5.82 Å². The molecule has 2 saturated heterocycles. The molecule has 0 saturated carbocycles. The molecule has 1 atom stereocenters. The Hall–Kier alpha value is -2.67. The topological polar surface area (TPSA) is 61.8 Å². The molecule has 0 radical (unpaired) electrons. The molecule has 3 heterocycles. The van der Waals surface area contributed by atoms with Gasteiger partial charge in [0.25, 0.3) is 0 Å². The van der Waals surface area contributed by atoms with Gasteiger partial charge >= 0.3 is 0 Å². The van der Waals surface area contributed by atoms with Crippen LogP contribution < -0.4 is 9.80 Å². The predicted molar refractivity (Wildman–Crippen MR) is 118 cm³/mol. The summed E-state index contributed by atoms with van der Waals surface area (Å²) in [5, 5.41) is 0. The van der Waals surface area contributed by atoms with E-state index in [9.17, 15) is 4.79 Å². The van der Waals surface area contributed by atoms with Crippen LogP contribution in [0.1, 0.15) is 30.5 Å². The van der Waals surface area contributed by atoms with Gasteiger partial charge in [0.15, 0.2) is 0 Å². The van der Waals surface area contributed by atoms with Crippen molar-refractivity contribution < 1.29 is 9.53 Å². The highest BCUT2D eigenvalue weighted by Crippen LogP contribution is 2.24. The lowest BCUT2D eigenvalue weighted by atomic mass is 9.95. The van der Waals surface area contributed by atoms with Gasteiger partial charge in [-0.15, -0.1) is 0 Å². The normalized spacial score (nSPS) is 18.4. The highest BCUT2D eigenvalue weighted by molar-refractivity contribution is 5.84. The van der Waals surface area contributed by atoms with Crippen LogP contribution in [0.5, 0.6) is 0 Å². The summed E-state index contributed by atoms with van der Waals surface area (Å²) in [5.41, 5.74) is 2.07. The van der Waals surface area contributed by atoms with E-state index >= 15 is 0 Å². The molecule has 2 fully saturated rings. The fourth-order valence-corrected chi connectivity index (χ4v) is 4.22. The molecule has 1 aromatic heterocycles. The number of hydrogen-bond acceptors (Lipinski definition) is 6. The molecular weight excluding hydrogens is 378 g/mol. The average Bonchev–Trinajstić information content (AvgIpc) is 2.80. The Morgan fingerprint density at radius 2 is 1.70 bits per heavy atom. The quantitative estimate of drug-likeness (QED) is 0.756. The third kappa shape index (κ3) is 4.56. The van der Waals surface area contributed by atoms with E-state index in [0.717, 1.165) is 68.7 Å². The van der Waals surface area contributed by atoms with Crippen molar-refractivity contribution in [3.05, 3.63) is 47.7 Å². The Morgan fingerprint density at radius 3 is 2.37 bits per heavy atom. The van der Waals surface area contributed by atoms with E-state index in [1.807, 2.05) is 36.1 Å². The smallest absolute Gasteiger partial charge is 0.230 e. The standard InChI is InChI=1S/C23H31N5O2/c1-3-20(19-7-5-4-6-8-19)22(29)27-11-9-26(10-12-27)21-17-18(2)24-23(25-21)28-13-15-30-16-14-28/h4-8,17,20H,3,9-16H2,1-2H3. The Labute approximate surface area is 178 Å². The minimum atomic E-state index is -0.0630. The summed E-state index contributed by atoms with van der Waals surface area (Å²) >= 11 is 0. The SMILES string of the molecule is CCC(C(=O)N1CCN(c2cc(C)nc(N3CCOCC3)n2)CC1)c1ccccc1. The number of aryl methyl sites for hydroxylation is 1. The molecular formula is C23H31N5O2. The number of ether oxygens (including phenoxy) is 1. The van der Waals surface area contributed by atoms with Crippen LogP contribution in [0.2, 0.25) is 0 Å². The zero-order valence-corrected chi connectivity index (χ0v) is 18.0. The molecule has 30 heavy (non-hydrogen) atoms. The summed E-state index contributed by atoms with van der Waals surface area (Å²) in [6.45, 7) is 10.2. The van der Waals surface area contributed by atoms with Crippen LogP contribution in [0.25, 0.3) is 0 Å². The molecule has 2 aliphatic heterocycles. The number of carbonyl (C=O) groups excluding carboxylic acids is 1. The third-order valence-corrected chi connectivity index (χ3v) is 5.95. The van der Waals surface area contributed by atoms with Gasteiger partial charge in [-0.1, -0.05) is 37.3 Å². The maximum atomic E-state index is 13.2. The number of benzene rings is 1. The minimum Gasteiger partial charge on any atom is -0.378 e. The Morgan fingerprint density at radius 1 is 1.00 bits per heavy atom. The summed E-state index contributed by atoms with van der Waals surface area (Å²) in [6, 6.07) is 12.2. The first kappa shape index (κ1) is 20.6. The summed E-state index contributed by atoms with van der Waals surface area (Å²) in [4.78, 5) is 29.1. The molecule has 4 rings (SSSR count). The lowest BCUT2D eigenvalue weighted by Crippen LogP contribution is -2.50. The van der Waals surface area contributed by atoms with Crippen LogP contribution in [-0.2, 0) is 9.53 Å². The monoisotopic (exact) mass is 409 g/mol. The van der Waals surface area contributed by atoms with Crippen molar-refractivity contribution in [2.75, 3.05) is 62.3 Å². The van der Waals surface area contributed by atoms with Crippen LogP contribution in [0, 0.1) is 6.92 Å². The number of amides is 1. The van der Waals surface area contributed by atoms with E-state index < -0.39 is 0 Å². The second-order valence-corrected chi connectivity index (χ2v) is 7.95. The molecule has 1 unspecified atom stereocenters. The van der Waals surface area contributed by atoms with E-state index in [2.05, 4.69) is 33.8 Å². The fraction of sp³-hybridized carbons (Fsp3) is 0.522. The molecule has 0 N–H and O–H groups in total. The summed E-state index contributed by atoms with van der Waals surface area (Å²) < 4.78 is 5.45. The van der Waals surface area contributed by atoms with Crippen molar-refractivity contribution >= 4 is 17.7 Å². The number of carbonyl (C=O) groups is 1. The molecule has 2 aliphatic rings. The number of hydrogen-bond donors (Lipinski definition) is 0. The fourth-order valence-electron chi connectivity index (χ4n) is 4.22. The number of nitrogens with zero attached hydrogens (tertiary/aromatic N) is 5. The largest absolute Gasteiger partial charge is 0.378 e. The Bertz CT molecular complexity index is 846. The maximum absolute atomic E-state index is 13.2. The van der Waals surface area contributed by atoms with Crippen molar-refractivity contribution in [2.24, 2.45) is 0 Å². The first-order valence-electron chi connectivity index (χ1n) is 10.9. The lowest BCUT2D eigenvalue weighted by molar-refractivity contribution is -0.133. The van der Waals surface area contributed by atoms with Crippen LogP contribution >= 0.6 is 0 Å². The molecule has 7 heteroatoms. The van der Waals surface area contributed by atoms with Crippen LogP contribution in [0.4, 0.5) is 11.8 Å². The van der Waals surface area contributed by atoms with Crippen LogP contribution in [-0.4, -0.2) is 73.3 Å². The van der Waals surface area contributed by atoms with Gasteiger partial charge in [-0.3, -0.25) is 4.79 Å². The van der Waals surface area contributed by atoms with E-state index in [-0.39, 0.29) is 11.8 Å². The number of morpholine rings is 1. The van der Waals surface area contributed by atoms with Crippen LogP contribution in [0.15, 0.2) is 36.4 Å². The van der Waals surface area contributed by atoms with Crippen molar-refractivity contribution in [3.63, 3.8) is 0 Å². The van der Waals surface area contributed by atoms with Gasteiger partial charge in [-0.2, -0.15) is 4.98 Å². The van der Waals surface area contributed by atoms with E-state index in [0.29, 0.717) is 13.2 Å². The van der Waals surface area contributed by atoms with E-state index in [4.69, 9.17) is 9.72 Å². The number of aromatic nitrogens is 2. The highest BCUT2D eigenvalue weighted by atomic mass is 16.5. The van der Waals surface area contributed by atoms with E-state index in [1.54, 1.807) is 0 Å². The van der Waals surface area contributed by atoms with Gasteiger partial charge in [-0.25, -0.2) is 4.98 Å². The third-order valence-electron chi connectivity index (χ3n) is 5.95. The van der Waals surface area contributed by atoms with E-state index in [1.165, 1.54) is 0 Å². The average molecular weight is 410 g/mol. The Balaban J connectivity index is 1.42. The zero-order valence-electron chi connectivity index (χ0n) is 18.0. The van der Waals surface area contributed by atoms with Crippen molar-refractivity contribution in [2.45, 2.75) is 26.2 Å². The lowest BCUT2D eigenvalue weighted by Gasteiger charge is -2.37. The molecule has 0 aliphatic carbocycles. The van der Waals surface area contributed by atoms with Gasteiger partial charge in [0.2, 0.25) is 11.9 Å². The molecule has 160 valence electrons. The van der Waals surface area contributed by atoms with Crippen LogP contribution in [0.3, 0.4) is 0 Å². The van der Waals surface area contributed by atoms with Crippen molar-refractivity contribution in [1.82, 2.24) is 14.9 Å². The van der Waals surface area contributed by atoms with Crippen molar-refractivity contribution in [1.29, 1.82) is 0 Å². The predicted octanol–water partition coefficient (Wildman–Crippen LogP) is 2.46. The Kier molecular flexibility index (Phi) is 6.47. The summed E-state index contributed by atoms with van der Waals surface area (Å²) in [6.07, 6.45) is 0.817. The van der Waals surface area contributed by atoms with Crippen molar-refractivity contribution in [3.8, 4) is 0 Å². The van der Waals surface area contributed by atoms with Gasteiger partial charge in [0, 0.05) is 51.0 Å². The second-order valence-electron chi connectivity index (χ2n) is 7.95. The molecule has 0 bridgehead atoms. The second kappa shape index (κ2) is 9.43. The first-order valence-corrected chi connectivity index (χ1v) is 10.9. The molecule has 2 aromatic rings. The molecule has 7 nitrogen and oxygen atoms in total. The number of piperazine rings is 1. The minimum absolute atomic E-state index is 0.0630. The molecule has 1 aromatic carbocycles. The maximum Gasteiger partial charge on any atom is 0.230 e. The molecule has 1 amide bonds. The molecule has 0 spiro atoms. The zero-order chi connectivity index (χ0) is 20.9. The summed E-state index contributed by atoms with van der Waals surface area (Å²) in [7, 11) is 0.